The van der Waals surface area contributed by atoms with Gasteiger partial charge in [0.15, 0.2) is 6.10 Å². The van der Waals surface area contributed by atoms with Crippen molar-refractivity contribution in [1.82, 2.24) is 5.32 Å². The van der Waals surface area contributed by atoms with Crippen LogP contribution in [0.4, 0.5) is 0 Å². The number of amides is 1. The lowest BCUT2D eigenvalue weighted by Gasteiger charge is -2.43. The van der Waals surface area contributed by atoms with Gasteiger partial charge in [0.05, 0.1) is 6.61 Å². The SMILES string of the molecule is CC(=O)N[C@H]1[C@H](Oc2ccc3ccccc3c2)O[C@@H](CO)[C@@H](O)[C@@H]1OC(C)=O. The predicted molar refractivity (Wildman–Crippen MR) is 99.5 cm³/mol. The molecule has 3 rings (SSSR count). The van der Waals surface area contributed by atoms with Crippen molar-refractivity contribution in [2.75, 3.05) is 6.61 Å². The molecule has 2 aromatic rings. The molecule has 1 fully saturated rings. The van der Waals surface area contributed by atoms with E-state index in [0.717, 1.165) is 10.8 Å². The number of esters is 1. The van der Waals surface area contributed by atoms with Gasteiger partial charge in [-0.25, -0.2) is 0 Å². The molecular weight excluding hydrogens is 366 g/mol. The number of aliphatic hydroxyl groups excluding tert-OH is 2. The van der Waals surface area contributed by atoms with Gasteiger partial charge in [-0.15, -0.1) is 0 Å². The first-order chi connectivity index (χ1) is 13.4. The van der Waals surface area contributed by atoms with E-state index in [9.17, 15) is 19.8 Å². The molecular formula is C20H23NO7. The van der Waals surface area contributed by atoms with Crippen molar-refractivity contribution in [3.05, 3.63) is 42.5 Å². The number of rotatable bonds is 5. The Morgan fingerprint density at radius 3 is 2.50 bits per heavy atom. The maximum absolute atomic E-state index is 11.7. The number of hydrogen-bond donors (Lipinski definition) is 3. The maximum atomic E-state index is 11.7. The Morgan fingerprint density at radius 2 is 1.86 bits per heavy atom. The molecule has 0 aromatic heterocycles. The molecule has 0 unspecified atom stereocenters. The van der Waals surface area contributed by atoms with Crippen molar-refractivity contribution in [2.45, 2.75) is 44.5 Å². The molecule has 1 aliphatic heterocycles. The van der Waals surface area contributed by atoms with Crippen LogP contribution in [0.3, 0.4) is 0 Å². The summed E-state index contributed by atoms with van der Waals surface area (Å²) >= 11 is 0. The minimum Gasteiger partial charge on any atom is -0.463 e. The van der Waals surface area contributed by atoms with Crippen LogP contribution in [0.2, 0.25) is 0 Å². The van der Waals surface area contributed by atoms with Crippen LogP contribution in [-0.2, 0) is 19.1 Å². The molecule has 1 amide bonds. The van der Waals surface area contributed by atoms with Crippen LogP contribution in [-0.4, -0.2) is 59.3 Å². The molecule has 1 aliphatic rings. The van der Waals surface area contributed by atoms with Gasteiger partial charge in [0.2, 0.25) is 12.2 Å². The topological polar surface area (TPSA) is 114 Å². The van der Waals surface area contributed by atoms with E-state index in [4.69, 9.17) is 14.2 Å². The molecule has 8 nitrogen and oxygen atoms in total. The van der Waals surface area contributed by atoms with Gasteiger partial charge in [-0.3, -0.25) is 9.59 Å². The fraction of sp³-hybridized carbons (Fsp3) is 0.400. The summed E-state index contributed by atoms with van der Waals surface area (Å²) in [6.07, 6.45) is -4.60. The largest absolute Gasteiger partial charge is 0.463 e. The third-order valence-electron chi connectivity index (χ3n) is 4.50. The zero-order chi connectivity index (χ0) is 20.3. The molecule has 3 N–H and O–H groups in total. The molecule has 8 heteroatoms. The summed E-state index contributed by atoms with van der Waals surface area (Å²) in [5, 5.41) is 24.5. The number of ether oxygens (including phenoxy) is 3. The van der Waals surface area contributed by atoms with Crippen molar-refractivity contribution in [3.63, 3.8) is 0 Å². The van der Waals surface area contributed by atoms with Gasteiger partial charge in [0.1, 0.15) is 24.0 Å². The molecule has 0 radical (unpaired) electrons. The quantitative estimate of drug-likeness (QED) is 0.646. The Balaban J connectivity index is 1.91. The van der Waals surface area contributed by atoms with Gasteiger partial charge in [-0.05, 0) is 22.9 Å². The zero-order valence-corrected chi connectivity index (χ0v) is 15.6. The van der Waals surface area contributed by atoms with Crippen molar-refractivity contribution in [1.29, 1.82) is 0 Å². The second kappa shape index (κ2) is 8.55. The third-order valence-corrected chi connectivity index (χ3v) is 4.50. The first-order valence-corrected chi connectivity index (χ1v) is 8.93. The number of aliphatic hydroxyl groups is 2. The summed E-state index contributed by atoms with van der Waals surface area (Å²) in [4.78, 5) is 23.2. The van der Waals surface area contributed by atoms with Gasteiger partial charge in [-0.1, -0.05) is 30.3 Å². The van der Waals surface area contributed by atoms with Crippen molar-refractivity contribution < 1.29 is 34.0 Å². The first kappa shape index (κ1) is 20.1. The highest BCUT2D eigenvalue weighted by molar-refractivity contribution is 5.83. The summed E-state index contributed by atoms with van der Waals surface area (Å²) < 4.78 is 16.8. The van der Waals surface area contributed by atoms with E-state index < -0.39 is 49.1 Å². The highest BCUT2D eigenvalue weighted by atomic mass is 16.7. The van der Waals surface area contributed by atoms with Crippen LogP contribution in [0.25, 0.3) is 10.8 Å². The van der Waals surface area contributed by atoms with Gasteiger partial charge < -0.3 is 29.7 Å². The standard InChI is InChI=1S/C20H23NO7/c1-11(23)21-17-19(26-12(2)24)18(25)16(10-22)28-20(17)27-15-8-7-13-5-3-4-6-14(13)9-15/h3-9,16-20,22,25H,10H2,1-2H3,(H,21,23)/t16-,17+,18+,19+,20+/m0/s1. The third kappa shape index (κ3) is 4.41. The second-order valence-corrected chi connectivity index (χ2v) is 6.64. The Labute approximate surface area is 162 Å². The monoisotopic (exact) mass is 389 g/mol. The molecule has 0 spiro atoms. The van der Waals surface area contributed by atoms with Crippen LogP contribution < -0.4 is 10.1 Å². The summed E-state index contributed by atoms with van der Waals surface area (Å²) in [7, 11) is 0. The Hall–Kier alpha value is -2.68. The number of hydrogen-bond acceptors (Lipinski definition) is 7. The van der Waals surface area contributed by atoms with Crippen LogP contribution in [0.1, 0.15) is 13.8 Å². The Kier molecular flexibility index (Phi) is 6.13. The first-order valence-electron chi connectivity index (χ1n) is 8.93. The summed E-state index contributed by atoms with van der Waals surface area (Å²) in [5.74, 6) is -0.580. The lowest BCUT2D eigenvalue weighted by molar-refractivity contribution is -0.249. The van der Waals surface area contributed by atoms with Crippen LogP contribution >= 0.6 is 0 Å². The van der Waals surface area contributed by atoms with Gasteiger partial charge in [0, 0.05) is 13.8 Å². The van der Waals surface area contributed by atoms with E-state index >= 15 is 0 Å². The second-order valence-electron chi connectivity index (χ2n) is 6.64. The minimum atomic E-state index is -1.33. The van der Waals surface area contributed by atoms with E-state index in [1.54, 1.807) is 6.07 Å². The van der Waals surface area contributed by atoms with Crippen molar-refractivity contribution in [2.24, 2.45) is 0 Å². The van der Waals surface area contributed by atoms with Crippen molar-refractivity contribution in [3.8, 4) is 5.75 Å². The lowest BCUT2D eigenvalue weighted by Crippen LogP contribution is -2.66. The lowest BCUT2D eigenvalue weighted by atomic mass is 9.96. The zero-order valence-electron chi connectivity index (χ0n) is 15.6. The van der Waals surface area contributed by atoms with Crippen molar-refractivity contribution >= 4 is 22.6 Å². The fourth-order valence-corrected chi connectivity index (χ4v) is 3.26. The van der Waals surface area contributed by atoms with Gasteiger partial charge in [0.25, 0.3) is 0 Å². The molecule has 0 bridgehead atoms. The van der Waals surface area contributed by atoms with E-state index in [0.29, 0.717) is 5.75 Å². The molecule has 5 atom stereocenters. The number of fused-ring (bicyclic) bond motifs is 1. The summed E-state index contributed by atoms with van der Waals surface area (Å²) in [6.45, 7) is 1.98. The number of carbonyl (C=O) groups excluding carboxylic acids is 2. The maximum Gasteiger partial charge on any atom is 0.303 e. The molecule has 28 heavy (non-hydrogen) atoms. The Morgan fingerprint density at radius 1 is 1.14 bits per heavy atom. The molecule has 150 valence electrons. The molecule has 1 saturated heterocycles. The summed E-state index contributed by atoms with van der Waals surface area (Å²) in [6, 6.07) is 12.2. The molecule has 0 saturated carbocycles. The van der Waals surface area contributed by atoms with E-state index in [1.807, 2.05) is 36.4 Å². The smallest absolute Gasteiger partial charge is 0.303 e. The van der Waals surface area contributed by atoms with Crippen LogP contribution in [0.5, 0.6) is 5.75 Å². The van der Waals surface area contributed by atoms with Crippen LogP contribution in [0, 0.1) is 0 Å². The fourth-order valence-electron chi connectivity index (χ4n) is 3.26. The average Bonchev–Trinajstić information content (AvgIpc) is 2.66. The van der Waals surface area contributed by atoms with Gasteiger partial charge >= 0.3 is 5.97 Å². The molecule has 2 aromatic carbocycles. The van der Waals surface area contributed by atoms with Crippen LogP contribution in [0.15, 0.2) is 42.5 Å². The van der Waals surface area contributed by atoms with E-state index in [1.165, 1.54) is 13.8 Å². The normalized spacial score (nSPS) is 27.2. The average molecular weight is 389 g/mol. The van der Waals surface area contributed by atoms with Gasteiger partial charge in [-0.2, -0.15) is 0 Å². The number of carbonyl (C=O) groups is 2. The number of benzene rings is 2. The highest BCUT2D eigenvalue weighted by Gasteiger charge is 2.48. The minimum absolute atomic E-state index is 0.410. The van der Waals surface area contributed by atoms with E-state index in [-0.39, 0.29) is 0 Å². The molecule has 0 aliphatic carbocycles. The highest BCUT2D eigenvalue weighted by Crippen LogP contribution is 2.28. The molecule has 1 heterocycles. The predicted octanol–water partition coefficient (Wildman–Crippen LogP) is 0.733. The van der Waals surface area contributed by atoms with E-state index in [2.05, 4.69) is 5.32 Å². The number of nitrogens with one attached hydrogen (secondary N) is 1. The Bertz CT molecular complexity index is 855. The summed E-state index contributed by atoms with van der Waals surface area (Å²) in [5.41, 5.74) is 0.